The molecule has 20 heavy (non-hydrogen) atoms. The van der Waals surface area contributed by atoms with Crippen LogP contribution in [-0.4, -0.2) is 16.5 Å². The van der Waals surface area contributed by atoms with Gasteiger partial charge in [-0.2, -0.15) is 0 Å². The van der Waals surface area contributed by atoms with Gasteiger partial charge >= 0.3 is 0 Å². The third-order valence-corrected chi connectivity index (χ3v) is 3.46. The van der Waals surface area contributed by atoms with Gasteiger partial charge in [0.25, 0.3) is 5.56 Å². The fourth-order valence-corrected chi connectivity index (χ4v) is 2.42. The monoisotopic (exact) mass is 266 g/mol. The van der Waals surface area contributed by atoms with Gasteiger partial charge in [-0.05, 0) is 23.3 Å². The van der Waals surface area contributed by atoms with Crippen LogP contribution in [0.15, 0.2) is 59.7 Å². The topological polar surface area (TPSA) is 71.8 Å². The van der Waals surface area contributed by atoms with Crippen molar-refractivity contribution in [3.63, 3.8) is 0 Å². The number of aromatic nitrogens is 2. The number of rotatable bonds is 3. The molecule has 0 radical (unpaired) electrons. The van der Waals surface area contributed by atoms with Crippen molar-refractivity contribution in [1.82, 2.24) is 9.96 Å². The number of hydrogen-bond acceptors (Lipinski definition) is 3. The van der Waals surface area contributed by atoms with Crippen LogP contribution in [0, 0.1) is 0 Å². The SMILES string of the molecule is [2H]n1cnc2ccc(C(CN)c3ccccc3)cc2c1=O. The van der Waals surface area contributed by atoms with E-state index >= 15 is 0 Å². The number of nitrogens with one attached hydrogen (secondary N) is 1. The molecule has 0 aliphatic rings. The molecule has 0 amide bonds. The van der Waals surface area contributed by atoms with Crippen molar-refractivity contribution in [3.8, 4) is 0 Å². The van der Waals surface area contributed by atoms with Crippen molar-refractivity contribution in [2.24, 2.45) is 5.73 Å². The van der Waals surface area contributed by atoms with E-state index in [4.69, 9.17) is 7.15 Å². The highest BCUT2D eigenvalue weighted by Gasteiger charge is 2.13. The second-order valence-electron chi connectivity index (χ2n) is 4.65. The minimum absolute atomic E-state index is 0.0226. The van der Waals surface area contributed by atoms with Gasteiger partial charge in [0.05, 0.1) is 17.2 Å². The second-order valence-corrected chi connectivity index (χ2v) is 4.65. The molecular weight excluding hydrogens is 250 g/mol. The first-order valence-corrected chi connectivity index (χ1v) is 6.46. The Morgan fingerprint density at radius 1 is 1.20 bits per heavy atom. The Hall–Kier alpha value is -2.46. The first kappa shape index (κ1) is 11.4. The molecule has 4 nitrogen and oxygen atoms in total. The first-order valence-electron chi connectivity index (χ1n) is 6.91. The second kappa shape index (κ2) is 5.27. The molecule has 1 atom stereocenters. The van der Waals surface area contributed by atoms with E-state index in [9.17, 15) is 4.79 Å². The summed E-state index contributed by atoms with van der Waals surface area (Å²) in [7, 11) is 0. The van der Waals surface area contributed by atoms with Gasteiger partial charge in [-0.1, -0.05) is 36.4 Å². The lowest BCUT2D eigenvalue weighted by Crippen LogP contribution is -2.15. The highest BCUT2D eigenvalue weighted by atomic mass is 16.1. The summed E-state index contributed by atoms with van der Waals surface area (Å²) in [5.41, 5.74) is 8.20. The summed E-state index contributed by atoms with van der Waals surface area (Å²) in [4.78, 5) is 16.9. The molecule has 100 valence electrons. The van der Waals surface area contributed by atoms with Crippen molar-refractivity contribution in [2.75, 3.05) is 6.54 Å². The maximum absolute atomic E-state index is 12.0. The number of benzene rings is 2. The molecule has 1 unspecified atom stereocenters. The Kier molecular flexibility index (Phi) is 2.99. The Morgan fingerprint density at radius 2 is 2.00 bits per heavy atom. The Bertz CT molecular complexity index is 830. The van der Waals surface area contributed by atoms with E-state index in [0.717, 1.165) is 16.1 Å². The smallest absolute Gasteiger partial charge is 0.258 e. The van der Waals surface area contributed by atoms with E-state index in [-0.39, 0.29) is 11.5 Å². The molecule has 3 aromatic rings. The zero-order valence-corrected chi connectivity index (χ0v) is 10.9. The molecule has 0 aliphatic carbocycles. The maximum Gasteiger partial charge on any atom is 0.258 e. The molecule has 0 saturated heterocycles. The van der Waals surface area contributed by atoms with Gasteiger partial charge in [0, 0.05) is 12.5 Å². The van der Waals surface area contributed by atoms with Crippen LogP contribution in [-0.2, 0) is 0 Å². The van der Waals surface area contributed by atoms with Crippen LogP contribution in [0.1, 0.15) is 17.0 Å². The van der Waals surface area contributed by atoms with Crippen molar-refractivity contribution in [1.29, 1.82) is 0 Å². The summed E-state index contributed by atoms with van der Waals surface area (Å²) in [6.07, 6.45) is 1.21. The van der Waals surface area contributed by atoms with E-state index in [2.05, 4.69) is 4.98 Å². The van der Waals surface area contributed by atoms with E-state index < -0.39 is 0 Å². The lowest BCUT2D eigenvalue weighted by molar-refractivity contribution is 0.820. The third kappa shape index (κ3) is 2.21. The summed E-state index contributed by atoms with van der Waals surface area (Å²) < 4.78 is 7.51. The fraction of sp³-hybridized carbons (Fsp3) is 0.125. The van der Waals surface area contributed by atoms with Gasteiger partial charge in [-0.25, -0.2) is 4.98 Å². The lowest BCUT2D eigenvalue weighted by atomic mass is 9.91. The van der Waals surface area contributed by atoms with Gasteiger partial charge in [0.1, 0.15) is 0 Å². The van der Waals surface area contributed by atoms with Crippen molar-refractivity contribution >= 4 is 10.9 Å². The van der Waals surface area contributed by atoms with E-state index in [0.29, 0.717) is 17.4 Å². The number of aromatic amines is 1. The summed E-state index contributed by atoms with van der Waals surface area (Å²) >= 11 is 0. The van der Waals surface area contributed by atoms with Crippen LogP contribution in [0.2, 0.25) is 1.41 Å². The molecule has 3 N–H and O–H groups in total. The van der Waals surface area contributed by atoms with E-state index in [1.54, 1.807) is 12.1 Å². The predicted molar refractivity (Wildman–Crippen MR) is 79.7 cm³/mol. The predicted octanol–water partition coefficient (Wildman–Crippen LogP) is 2.01. The number of fused-ring (bicyclic) bond motifs is 1. The Balaban J connectivity index is 2.16. The largest absolute Gasteiger partial charge is 0.330 e. The Labute approximate surface area is 117 Å². The van der Waals surface area contributed by atoms with Gasteiger partial charge in [-0.15, -0.1) is 0 Å². The van der Waals surface area contributed by atoms with Crippen LogP contribution in [0.25, 0.3) is 10.9 Å². The molecule has 0 saturated carbocycles. The molecule has 2 aromatic carbocycles. The lowest BCUT2D eigenvalue weighted by Gasteiger charge is -2.16. The first-order chi connectivity index (χ1) is 10.2. The highest BCUT2D eigenvalue weighted by molar-refractivity contribution is 5.78. The number of nitrogens with zero attached hydrogens (tertiary/aromatic N) is 1. The van der Waals surface area contributed by atoms with Crippen LogP contribution in [0.4, 0.5) is 0 Å². The molecule has 3 rings (SSSR count). The van der Waals surface area contributed by atoms with Crippen LogP contribution >= 0.6 is 0 Å². The molecule has 0 bridgehead atoms. The van der Waals surface area contributed by atoms with E-state index in [1.165, 1.54) is 6.33 Å². The molecule has 4 heteroatoms. The molecule has 1 aromatic heterocycles. The van der Waals surface area contributed by atoms with Crippen LogP contribution in [0.3, 0.4) is 0 Å². The average molecular weight is 266 g/mol. The van der Waals surface area contributed by atoms with Crippen molar-refractivity contribution < 1.29 is 1.41 Å². The van der Waals surface area contributed by atoms with Crippen LogP contribution < -0.4 is 11.3 Å². The van der Waals surface area contributed by atoms with Gasteiger partial charge in [-0.3, -0.25) is 4.79 Å². The number of nitrogens with two attached hydrogens (primary N) is 1. The maximum atomic E-state index is 12.0. The minimum atomic E-state index is -0.370. The van der Waals surface area contributed by atoms with E-state index in [1.807, 2.05) is 36.4 Å². The van der Waals surface area contributed by atoms with Gasteiger partial charge < -0.3 is 10.7 Å². The standard InChI is InChI=1S/C16H15N3O/c17-9-14(11-4-2-1-3-5-11)12-6-7-15-13(8-12)16(20)19-10-18-15/h1-8,10,14H,9,17H2,(H,18,19,20)/i/hD. The minimum Gasteiger partial charge on any atom is -0.330 e. The summed E-state index contributed by atoms with van der Waals surface area (Å²) in [6.45, 7) is 0.449. The third-order valence-electron chi connectivity index (χ3n) is 3.46. The summed E-state index contributed by atoms with van der Waals surface area (Å²) in [6, 6.07) is 15.5. The molecule has 0 aliphatic heterocycles. The zero-order chi connectivity index (χ0) is 14.8. The molecule has 1 heterocycles. The highest BCUT2D eigenvalue weighted by Crippen LogP contribution is 2.25. The van der Waals surface area contributed by atoms with Crippen molar-refractivity contribution in [3.05, 3.63) is 76.3 Å². The zero-order valence-electron chi connectivity index (χ0n) is 11.9. The summed E-state index contributed by atoms with van der Waals surface area (Å²) in [5.74, 6) is 0.0226. The quantitative estimate of drug-likeness (QED) is 0.761. The molecule has 0 fully saturated rings. The Morgan fingerprint density at radius 3 is 2.75 bits per heavy atom. The van der Waals surface area contributed by atoms with Crippen molar-refractivity contribution in [2.45, 2.75) is 5.92 Å². The number of H-pyrrole nitrogens is 1. The normalized spacial score (nSPS) is 13.2. The van der Waals surface area contributed by atoms with Crippen LogP contribution in [0.5, 0.6) is 0 Å². The number of hydrogen-bond donors (Lipinski definition) is 2. The molecule has 0 spiro atoms. The average Bonchev–Trinajstić information content (AvgIpc) is 2.53. The fourth-order valence-electron chi connectivity index (χ4n) is 2.42. The summed E-state index contributed by atoms with van der Waals surface area (Å²) in [5, 5.41) is 0.444. The van der Waals surface area contributed by atoms with Gasteiger partial charge in [0.15, 0.2) is 1.41 Å². The molecular formula is C16H15N3O. The van der Waals surface area contributed by atoms with Gasteiger partial charge in [0.2, 0.25) is 0 Å².